The smallest absolute Gasteiger partial charge is 0.145 e. The quantitative estimate of drug-likeness (QED) is 0.122. The first kappa shape index (κ1) is 58.0. The zero-order valence-corrected chi connectivity index (χ0v) is 54.4. The minimum atomic E-state index is -0.372. The van der Waals surface area contributed by atoms with Crippen molar-refractivity contribution in [2.45, 2.75) is 19.3 Å². The Morgan fingerprint density at radius 1 is 0.224 bits per heavy atom. The van der Waals surface area contributed by atoms with Gasteiger partial charge in [-0.1, -0.05) is 238 Å². The van der Waals surface area contributed by atoms with E-state index in [1.807, 2.05) is 0 Å². The molecule has 3 heterocycles. The Hall–Kier alpha value is -12.6. The molecular weight excluding hydrogens is 1190 g/mol. The molecule has 0 saturated heterocycles. The lowest BCUT2D eigenvalue weighted by atomic mass is 9.73. The standard InChI is InChI=1S/C94H66N4/c1-94(2)85-41-19-22-44-89(85)96(81-48-46-67(47-49-81)93-95-87-42-20-23-45-90(87)98(93)80-38-16-7-17-39-80)92-61-84-83-40-18-21-43-88(83)97(91(84)62-86(92)94)82-59-78(70-36-24-34-68(50-70)76-54-72(63-26-8-3-9-27-63)52-73(55-76)64-28-10-4-11-29-64)58-79(60-82)71-37-25-35-69(51-71)77-56-74(65-30-12-5-13-31-65)53-75(57-77)66-32-14-6-15-33-66/h3-62H,1-2H3. The number of hydrogen-bond acceptors (Lipinski definition) is 2. The zero-order valence-electron chi connectivity index (χ0n) is 54.4. The minimum Gasteiger partial charge on any atom is -0.310 e. The number of anilines is 3. The number of rotatable bonds is 12. The summed E-state index contributed by atoms with van der Waals surface area (Å²) in [4.78, 5) is 7.74. The van der Waals surface area contributed by atoms with E-state index in [1.54, 1.807) is 0 Å². The summed E-state index contributed by atoms with van der Waals surface area (Å²) in [5.74, 6) is 0.906. The highest BCUT2D eigenvalue weighted by Crippen LogP contribution is 2.54. The highest BCUT2D eigenvalue weighted by molar-refractivity contribution is 6.12. The van der Waals surface area contributed by atoms with Crippen LogP contribution in [0.15, 0.2) is 364 Å². The van der Waals surface area contributed by atoms with Crippen LogP contribution in [0.2, 0.25) is 0 Å². The first-order valence-electron chi connectivity index (χ1n) is 33.8. The molecule has 17 aromatic rings. The van der Waals surface area contributed by atoms with Gasteiger partial charge in [0.25, 0.3) is 0 Å². The Morgan fingerprint density at radius 2 is 0.622 bits per heavy atom. The molecule has 0 aliphatic carbocycles. The molecule has 0 amide bonds. The SMILES string of the molecule is CC1(C)c2ccccc2N(c2ccc(-c3nc4ccccc4n3-c3ccccc3)cc2)c2cc3c4ccccc4n(-c4cc(-c5cccc(-c6cc(-c7ccccc7)cc(-c7ccccc7)c6)c5)cc(-c5cccc(-c6cc(-c7ccccc7)cc(-c7ccccc7)c6)c5)c4)c3cc21. The van der Waals surface area contributed by atoms with Crippen molar-refractivity contribution < 1.29 is 0 Å². The Bertz CT molecular complexity index is 5560. The van der Waals surface area contributed by atoms with Crippen LogP contribution < -0.4 is 4.90 Å². The molecule has 4 heteroatoms. The number of para-hydroxylation sites is 5. The first-order chi connectivity index (χ1) is 48.3. The van der Waals surface area contributed by atoms with Crippen LogP contribution in [0.4, 0.5) is 17.1 Å². The molecule has 0 spiro atoms. The van der Waals surface area contributed by atoms with Crippen LogP contribution in [0.1, 0.15) is 25.0 Å². The van der Waals surface area contributed by atoms with Crippen LogP contribution >= 0.6 is 0 Å². The minimum absolute atomic E-state index is 0.372. The maximum absolute atomic E-state index is 5.26. The van der Waals surface area contributed by atoms with Crippen molar-refractivity contribution in [2.75, 3.05) is 4.90 Å². The predicted molar refractivity (Wildman–Crippen MR) is 411 cm³/mol. The second-order valence-electron chi connectivity index (χ2n) is 26.4. The fourth-order valence-electron chi connectivity index (χ4n) is 15.1. The van der Waals surface area contributed by atoms with Gasteiger partial charge in [-0.25, -0.2) is 4.98 Å². The topological polar surface area (TPSA) is 26.0 Å². The largest absolute Gasteiger partial charge is 0.310 e. The lowest BCUT2D eigenvalue weighted by Crippen LogP contribution is -2.30. The maximum atomic E-state index is 5.26. The van der Waals surface area contributed by atoms with E-state index >= 15 is 0 Å². The molecule has 15 aromatic carbocycles. The third kappa shape index (κ3) is 10.3. The molecule has 0 N–H and O–H groups in total. The summed E-state index contributed by atoms with van der Waals surface area (Å²) in [5, 5.41) is 2.37. The maximum Gasteiger partial charge on any atom is 0.145 e. The number of nitrogens with zero attached hydrogens (tertiary/aromatic N) is 4. The van der Waals surface area contributed by atoms with Crippen LogP contribution in [-0.4, -0.2) is 14.1 Å². The number of benzene rings is 15. The summed E-state index contributed by atoms with van der Waals surface area (Å²) in [5.41, 5.74) is 31.7. The van der Waals surface area contributed by atoms with E-state index in [9.17, 15) is 0 Å². The first-order valence-corrected chi connectivity index (χ1v) is 33.8. The van der Waals surface area contributed by atoms with Crippen LogP contribution in [0.3, 0.4) is 0 Å². The predicted octanol–water partition coefficient (Wildman–Crippen LogP) is 25.2. The Kier molecular flexibility index (Phi) is 14.2. The van der Waals surface area contributed by atoms with Gasteiger partial charge < -0.3 is 9.47 Å². The van der Waals surface area contributed by atoms with Gasteiger partial charge in [-0.05, 0) is 240 Å². The molecule has 0 unspecified atom stereocenters. The van der Waals surface area contributed by atoms with Gasteiger partial charge in [-0.15, -0.1) is 0 Å². The fraction of sp³-hybridized carbons (Fsp3) is 0.0319. The summed E-state index contributed by atoms with van der Waals surface area (Å²) in [7, 11) is 0. The van der Waals surface area contributed by atoms with E-state index in [0.29, 0.717) is 0 Å². The second-order valence-corrected chi connectivity index (χ2v) is 26.4. The van der Waals surface area contributed by atoms with E-state index in [4.69, 9.17) is 4.98 Å². The third-order valence-electron chi connectivity index (χ3n) is 20.0. The summed E-state index contributed by atoms with van der Waals surface area (Å²) >= 11 is 0. The lowest BCUT2D eigenvalue weighted by molar-refractivity contribution is 0.632. The number of fused-ring (bicyclic) bond motifs is 6. The van der Waals surface area contributed by atoms with E-state index in [0.717, 1.165) is 101 Å². The average molecular weight is 1250 g/mol. The van der Waals surface area contributed by atoms with Crippen molar-refractivity contribution in [3.05, 3.63) is 375 Å². The van der Waals surface area contributed by atoms with Crippen molar-refractivity contribution in [3.8, 4) is 112 Å². The molecule has 18 rings (SSSR count). The summed E-state index contributed by atoms with van der Waals surface area (Å²) in [6.07, 6.45) is 0. The Labute approximate surface area is 571 Å². The molecule has 462 valence electrons. The van der Waals surface area contributed by atoms with Gasteiger partial charge in [0.05, 0.1) is 33.4 Å². The molecule has 1 aliphatic rings. The Balaban J connectivity index is 0.822. The van der Waals surface area contributed by atoms with Gasteiger partial charge in [0.1, 0.15) is 5.82 Å². The van der Waals surface area contributed by atoms with Gasteiger partial charge >= 0.3 is 0 Å². The van der Waals surface area contributed by atoms with E-state index in [-0.39, 0.29) is 5.41 Å². The molecule has 4 nitrogen and oxygen atoms in total. The van der Waals surface area contributed by atoms with Crippen molar-refractivity contribution >= 4 is 49.9 Å². The van der Waals surface area contributed by atoms with Crippen molar-refractivity contribution in [3.63, 3.8) is 0 Å². The summed E-state index contributed by atoms with van der Waals surface area (Å²) in [6.45, 7) is 4.79. The van der Waals surface area contributed by atoms with Crippen molar-refractivity contribution in [1.82, 2.24) is 14.1 Å². The average Bonchev–Trinajstić information content (AvgIpc) is 1.37. The highest BCUT2D eigenvalue weighted by atomic mass is 15.2. The molecule has 0 fully saturated rings. The molecule has 0 bridgehead atoms. The monoisotopic (exact) mass is 1250 g/mol. The summed E-state index contributed by atoms with van der Waals surface area (Å²) in [6, 6.07) is 134. The molecule has 98 heavy (non-hydrogen) atoms. The van der Waals surface area contributed by atoms with Crippen LogP contribution in [0.5, 0.6) is 0 Å². The van der Waals surface area contributed by atoms with Crippen LogP contribution in [0, 0.1) is 0 Å². The van der Waals surface area contributed by atoms with Crippen molar-refractivity contribution in [2.24, 2.45) is 0 Å². The summed E-state index contributed by atoms with van der Waals surface area (Å²) < 4.78 is 4.81. The number of hydrogen-bond donors (Lipinski definition) is 0. The van der Waals surface area contributed by atoms with Crippen LogP contribution in [-0.2, 0) is 5.41 Å². The number of imidazole rings is 1. The molecule has 0 saturated carbocycles. The molecule has 2 aromatic heterocycles. The van der Waals surface area contributed by atoms with E-state index < -0.39 is 0 Å². The highest BCUT2D eigenvalue weighted by Gasteiger charge is 2.38. The molecule has 1 aliphatic heterocycles. The normalized spacial score (nSPS) is 12.4. The van der Waals surface area contributed by atoms with Crippen LogP contribution in [0.25, 0.3) is 145 Å². The van der Waals surface area contributed by atoms with Gasteiger partial charge in [0.2, 0.25) is 0 Å². The van der Waals surface area contributed by atoms with Gasteiger partial charge in [0, 0.05) is 38.8 Å². The Morgan fingerprint density at radius 3 is 1.13 bits per heavy atom. The fourth-order valence-corrected chi connectivity index (χ4v) is 15.1. The van der Waals surface area contributed by atoms with Gasteiger partial charge in [-0.2, -0.15) is 0 Å². The van der Waals surface area contributed by atoms with E-state index in [1.165, 1.54) is 72.1 Å². The molecule has 0 radical (unpaired) electrons. The van der Waals surface area contributed by atoms with Gasteiger partial charge in [-0.3, -0.25) is 4.57 Å². The van der Waals surface area contributed by atoms with Crippen molar-refractivity contribution in [1.29, 1.82) is 0 Å². The molecule has 0 atom stereocenters. The lowest BCUT2D eigenvalue weighted by Gasteiger charge is -2.42. The van der Waals surface area contributed by atoms with E-state index in [2.05, 4.69) is 392 Å². The van der Waals surface area contributed by atoms with Gasteiger partial charge in [0.15, 0.2) is 0 Å². The zero-order chi connectivity index (χ0) is 65.3. The third-order valence-corrected chi connectivity index (χ3v) is 20.0. The second kappa shape index (κ2) is 24.0. The molecular formula is C94H66N4. The number of aromatic nitrogens is 3.